The largest absolute Gasteiger partial charge is 0.492 e. The minimum absolute atomic E-state index is 0. The standard InChI is InChI=1S/C18H27N5O.HI/c1-5-19-18(21-13-16-6-7-22-23(16)4)20-8-9-24-17-11-14(2)10-15(3)12-17;/h6-7,10-12H,5,8-9,13H2,1-4H3,(H2,19,20,21);1H. The van der Waals surface area contributed by atoms with Crippen molar-refractivity contribution in [2.45, 2.75) is 27.3 Å². The monoisotopic (exact) mass is 457 g/mol. The first-order chi connectivity index (χ1) is 11.6. The predicted molar refractivity (Wildman–Crippen MR) is 113 cm³/mol. The fourth-order valence-electron chi connectivity index (χ4n) is 2.41. The lowest BCUT2D eigenvalue weighted by Gasteiger charge is -2.12. The van der Waals surface area contributed by atoms with Gasteiger partial charge in [0.1, 0.15) is 12.4 Å². The van der Waals surface area contributed by atoms with Gasteiger partial charge in [0.15, 0.2) is 5.96 Å². The number of aliphatic imine (C=N–C) groups is 1. The van der Waals surface area contributed by atoms with Gasteiger partial charge < -0.3 is 15.4 Å². The zero-order chi connectivity index (χ0) is 17.4. The molecule has 7 heteroatoms. The average molecular weight is 457 g/mol. The lowest BCUT2D eigenvalue weighted by Crippen LogP contribution is -2.39. The van der Waals surface area contributed by atoms with E-state index in [0.717, 1.165) is 23.9 Å². The fourth-order valence-corrected chi connectivity index (χ4v) is 2.41. The SMILES string of the molecule is CCNC(=NCc1ccnn1C)NCCOc1cc(C)cc(C)c1.I. The summed E-state index contributed by atoms with van der Waals surface area (Å²) < 4.78 is 7.64. The molecular formula is C18H28IN5O. The first-order valence-corrected chi connectivity index (χ1v) is 8.28. The van der Waals surface area contributed by atoms with Crippen LogP contribution in [0.5, 0.6) is 5.75 Å². The van der Waals surface area contributed by atoms with Gasteiger partial charge in [-0.15, -0.1) is 24.0 Å². The van der Waals surface area contributed by atoms with Crippen LogP contribution in [0.1, 0.15) is 23.7 Å². The summed E-state index contributed by atoms with van der Waals surface area (Å²) in [6.07, 6.45) is 1.78. The normalized spacial score (nSPS) is 11.0. The summed E-state index contributed by atoms with van der Waals surface area (Å²) in [6.45, 7) is 8.87. The van der Waals surface area contributed by atoms with E-state index in [1.807, 2.05) is 24.7 Å². The number of aryl methyl sites for hydroxylation is 3. The molecule has 0 aliphatic heterocycles. The quantitative estimate of drug-likeness (QED) is 0.291. The summed E-state index contributed by atoms with van der Waals surface area (Å²) in [6, 6.07) is 8.21. The molecule has 0 bridgehead atoms. The molecule has 0 aliphatic rings. The number of aromatic nitrogens is 2. The van der Waals surface area contributed by atoms with Crippen LogP contribution in [0, 0.1) is 13.8 Å². The van der Waals surface area contributed by atoms with Crippen molar-refractivity contribution in [3.8, 4) is 5.75 Å². The van der Waals surface area contributed by atoms with Crippen molar-refractivity contribution in [3.63, 3.8) is 0 Å². The molecule has 0 spiro atoms. The number of nitrogens with one attached hydrogen (secondary N) is 2. The highest BCUT2D eigenvalue weighted by Crippen LogP contribution is 2.15. The highest BCUT2D eigenvalue weighted by molar-refractivity contribution is 14.0. The molecule has 6 nitrogen and oxygen atoms in total. The highest BCUT2D eigenvalue weighted by atomic mass is 127. The molecule has 138 valence electrons. The molecule has 2 N–H and O–H groups in total. The Kier molecular flexibility index (Phi) is 9.33. The van der Waals surface area contributed by atoms with Crippen LogP contribution in [0.25, 0.3) is 0 Å². The Morgan fingerprint density at radius 3 is 2.52 bits per heavy atom. The molecule has 2 rings (SSSR count). The number of benzene rings is 1. The molecular weight excluding hydrogens is 429 g/mol. The molecule has 0 saturated heterocycles. The Hall–Kier alpha value is -1.77. The van der Waals surface area contributed by atoms with Crippen molar-refractivity contribution in [1.82, 2.24) is 20.4 Å². The van der Waals surface area contributed by atoms with E-state index in [4.69, 9.17) is 4.74 Å². The van der Waals surface area contributed by atoms with E-state index >= 15 is 0 Å². The molecule has 0 fully saturated rings. The maximum Gasteiger partial charge on any atom is 0.191 e. The van der Waals surface area contributed by atoms with Gasteiger partial charge in [0.05, 0.1) is 18.8 Å². The van der Waals surface area contributed by atoms with Crippen LogP contribution in [0.3, 0.4) is 0 Å². The number of nitrogens with zero attached hydrogens (tertiary/aromatic N) is 3. The van der Waals surface area contributed by atoms with Crippen LogP contribution < -0.4 is 15.4 Å². The Labute approximate surface area is 167 Å². The molecule has 1 heterocycles. The minimum atomic E-state index is 0. The van der Waals surface area contributed by atoms with Crippen molar-refractivity contribution in [3.05, 3.63) is 47.3 Å². The molecule has 25 heavy (non-hydrogen) atoms. The molecule has 2 aromatic rings. The van der Waals surface area contributed by atoms with E-state index in [2.05, 4.69) is 52.8 Å². The van der Waals surface area contributed by atoms with Crippen LogP contribution >= 0.6 is 24.0 Å². The van der Waals surface area contributed by atoms with Crippen molar-refractivity contribution >= 4 is 29.9 Å². The molecule has 0 radical (unpaired) electrons. The van der Waals surface area contributed by atoms with Crippen LogP contribution in [0.2, 0.25) is 0 Å². The van der Waals surface area contributed by atoms with Crippen LogP contribution in [0.15, 0.2) is 35.5 Å². The van der Waals surface area contributed by atoms with E-state index in [-0.39, 0.29) is 24.0 Å². The Morgan fingerprint density at radius 2 is 1.92 bits per heavy atom. The van der Waals surface area contributed by atoms with Crippen molar-refractivity contribution in [2.75, 3.05) is 19.7 Å². The van der Waals surface area contributed by atoms with Crippen molar-refractivity contribution in [2.24, 2.45) is 12.0 Å². The zero-order valence-electron chi connectivity index (χ0n) is 15.4. The Bertz CT molecular complexity index is 664. The third-order valence-corrected chi connectivity index (χ3v) is 3.52. The van der Waals surface area contributed by atoms with Gasteiger partial charge in [0.25, 0.3) is 0 Å². The van der Waals surface area contributed by atoms with Crippen LogP contribution in [0.4, 0.5) is 0 Å². The summed E-state index contributed by atoms with van der Waals surface area (Å²) in [4.78, 5) is 4.57. The minimum Gasteiger partial charge on any atom is -0.492 e. The summed E-state index contributed by atoms with van der Waals surface area (Å²) >= 11 is 0. The Balaban J connectivity index is 0.00000312. The smallest absolute Gasteiger partial charge is 0.191 e. The summed E-state index contributed by atoms with van der Waals surface area (Å²) in [5.41, 5.74) is 3.49. The van der Waals surface area contributed by atoms with Gasteiger partial charge in [-0.3, -0.25) is 4.68 Å². The van der Waals surface area contributed by atoms with E-state index in [1.54, 1.807) is 6.20 Å². The maximum atomic E-state index is 5.81. The van der Waals surface area contributed by atoms with E-state index < -0.39 is 0 Å². The predicted octanol–water partition coefficient (Wildman–Crippen LogP) is 2.79. The average Bonchev–Trinajstić information content (AvgIpc) is 2.93. The third-order valence-electron chi connectivity index (χ3n) is 3.52. The number of hydrogen-bond donors (Lipinski definition) is 2. The van der Waals surface area contributed by atoms with Crippen LogP contribution in [-0.4, -0.2) is 35.4 Å². The van der Waals surface area contributed by atoms with Gasteiger partial charge in [-0.05, 0) is 50.1 Å². The van der Waals surface area contributed by atoms with Gasteiger partial charge >= 0.3 is 0 Å². The lowest BCUT2D eigenvalue weighted by atomic mass is 10.1. The van der Waals surface area contributed by atoms with Gasteiger partial charge in [0.2, 0.25) is 0 Å². The first kappa shape index (κ1) is 21.3. The molecule has 1 aromatic carbocycles. The maximum absolute atomic E-state index is 5.81. The number of hydrogen-bond acceptors (Lipinski definition) is 3. The second-order valence-electron chi connectivity index (χ2n) is 5.74. The summed E-state index contributed by atoms with van der Waals surface area (Å²) in [5, 5.41) is 10.7. The second-order valence-corrected chi connectivity index (χ2v) is 5.74. The lowest BCUT2D eigenvalue weighted by molar-refractivity contribution is 0.321. The van der Waals surface area contributed by atoms with Crippen molar-refractivity contribution in [1.29, 1.82) is 0 Å². The van der Waals surface area contributed by atoms with E-state index in [0.29, 0.717) is 19.7 Å². The molecule has 1 aromatic heterocycles. The highest BCUT2D eigenvalue weighted by Gasteiger charge is 2.01. The van der Waals surface area contributed by atoms with E-state index in [9.17, 15) is 0 Å². The number of rotatable bonds is 7. The van der Waals surface area contributed by atoms with Gasteiger partial charge in [-0.25, -0.2) is 4.99 Å². The molecule has 0 unspecified atom stereocenters. The van der Waals surface area contributed by atoms with E-state index in [1.165, 1.54) is 11.1 Å². The molecule has 0 aliphatic carbocycles. The number of halogens is 1. The number of ether oxygens (including phenoxy) is 1. The third kappa shape index (κ3) is 7.33. The fraction of sp³-hybridized carbons (Fsp3) is 0.444. The van der Waals surface area contributed by atoms with Crippen LogP contribution in [-0.2, 0) is 13.6 Å². The second kappa shape index (κ2) is 11.0. The molecule has 0 amide bonds. The van der Waals surface area contributed by atoms with Gasteiger partial charge in [-0.1, -0.05) is 6.07 Å². The molecule has 0 atom stereocenters. The molecule has 0 saturated carbocycles. The summed E-state index contributed by atoms with van der Waals surface area (Å²) in [7, 11) is 1.92. The topological polar surface area (TPSA) is 63.5 Å². The Morgan fingerprint density at radius 1 is 1.20 bits per heavy atom. The zero-order valence-corrected chi connectivity index (χ0v) is 17.7. The van der Waals surface area contributed by atoms with Gasteiger partial charge in [0, 0.05) is 19.8 Å². The van der Waals surface area contributed by atoms with Gasteiger partial charge in [-0.2, -0.15) is 5.10 Å². The first-order valence-electron chi connectivity index (χ1n) is 8.28. The number of guanidine groups is 1. The summed E-state index contributed by atoms with van der Waals surface area (Å²) in [5.74, 6) is 1.69. The van der Waals surface area contributed by atoms with Crippen molar-refractivity contribution < 1.29 is 4.74 Å².